The molecule has 0 aromatic heterocycles. The number of rotatable bonds is 15. The van der Waals surface area contributed by atoms with Gasteiger partial charge in [0.05, 0.1) is 134 Å². The van der Waals surface area contributed by atoms with Crippen LogP contribution in [0.5, 0.6) is 0 Å². The van der Waals surface area contributed by atoms with Crippen LogP contribution in [-0.2, 0) is 95.6 Å². The van der Waals surface area contributed by atoms with Crippen molar-refractivity contribution in [3.8, 4) is 0 Å². The van der Waals surface area contributed by atoms with Gasteiger partial charge in [0.15, 0.2) is 6.04 Å². The molecule has 0 radical (unpaired) electrons. The van der Waals surface area contributed by atoms with Crippen molar-refractivity contribution < 1.29 is 170 Å². The van der Waals surface area contributed by atoms with Crippen LogP contribution in [0, 0.1) is 11.8 Å². The molecule has 0 spiro atoms. The zero-order valence-electron chi connectivity index (χ0n) is 54.6. The maximum atomic E-state index is 13.8. The van der Waals surface area contributed by atoms with Crippen LogP contribution in [0.2, 0.25) is 0 Å². The second-order valence-corrected chi connectivity index (χ2v) is 30.4. The van der Waals surface area contributed by atoms with Crippen molar-refractivity contribution in [2.24, 2.45) is 11.8 Å². The summed E-state index contributed by atoms with van der Waals surface area (Å²) in [4.78, 5) is 26.6. The maximum absolute atomic E-state index is 13.8. The third-order valence-electron chi connectivity index (χ3n) is 21.8. The van der Waals surface area contributed by atoms with Crippen molar-refractivity contribution in [3.63, 3.8) is 0 Å². The van der Waals surface area contributed by atoms with Crippen molar-refractivity contribution in [1.82, 2.24) is 5.32 Å². The number of hydrogen-bond acceptors (Lipinski definition) is 24. The molecule has 28 atom stereocenters. The quantitative estimate of drug-likeness (QED) is 0.0590. The predicted molar refractivity (Wildman–Crippen MR) is 316 cm³/mol. The minimum atomic E-state index is -5.23. The van der Waals surface area contributed by atoms with Gasteiger partial charge in [-0.25, -0.2) is 21.6 Å². The smallest absolute Gasteiger partial charge is 0.726 e. The normalized spacial score (nSPS) is 45.0. The summed E-state index contributed by atoms with van der Waals surface area (Å²) >= 11 is 0. The molecule has 1 amide bonds. The molecule has 11 saturated heterocycles. The van der Waals surface area contributed by atoms with Gasteiger partial charge in [0.1, 0.15) is 35.6 Å². The third-order valence-corrected chi connectivity index (χ3v) is 22.8. The molecular formula is C64H89NNa2O24S2. The largest absolute Gasteiger partial charge is 1.00 e. The third kappa shape index (κ3) is 15.4. The molecule has 0 aliphatic carbocycles. The predicted octanol–water partition coefficient (Wildman–Crippen LogP) is -1.53. The Balaban J connectivity index is 0.00000473. The number of hydrogen-bond donors (Lipinski definition) is 3. The van der Waals surface area contributed by atoms with Gasteiger partial charge in [-0.15, -0.1) is 6.58 Å². The van der Waals surface area contributed by atoms with E-state index in [1.807, 2.05) is 6.92 Å². The summed E-state index contributed by atoms with van der Waals surface area (Å²) in [5.41, 5.74) is -4.66. The van der Waals surface area contributed by atoms with Crippen LogP contribution in [-0.4, -0.2) is 212 Å². The number of nitrogens with one attached hydrogen (secondary N) is 1. The van der Waals surface area contributed by atoms with Crippen LogP contribution in [0.25, 0.3) is 0 Å². The average molecular weight is 1370 g/mol. The topological polar surface area (TPSA) is 330 Å². The zero-order chi connectivity index (χ0) is 65.0. The molecule has 25 nitrogen and oxygen atoms in total. The van der Waals surface area contributed by atoms with Gasteiger partial charge >= 0.3 is 65.1 Å². The fourth-order valence-corrected chi connectivity index (χ4v) is 17.6. The summed E-state index contributed by atoms with van der Waals surface area (Å²) in [5, 5.41) is 27.4. The Bertz CT molecular complexity index is 3130. The van der Waals surface area contributed by atoms with E-state index in [1.165, 1.54) is 20.1 Å². The molecule has 11 aliphatic heterocycles. The number of carbonyl (C=O) groups is 2. The molecule has 29 heteroatoms. The number of ether oxygens (including phenoxy) is 12. The second kappa shape index (κ2) is 28.6. The Labute approximate surface area is 589 Å². The monoisotopic (exact) mass is 1370 g/mol. The summed E-state index contributed by atoms with van der Waals surface area (Å²) < 4.78 is 160. The van der Waals surface area contributed by atoms with Crippen molar-refractivity contribution in [3.05, 3.63) is 72.9 Å². The van der Waals surface area contributed by atoms with E-state index < -0.39 is 171 Å². The van der Waals surface area contributed by atoms with Crippen LogP contribution in [0.4, 0.5) is 0 Å². The second-order valence-electron chi connectivity index (χ2n) is 28.4. The summed E-state index contributed by atoms with van der Waals surface area (Å²) in [6.45, 7) is 18.9. The van der Waals surface area contributed by atoms with E-state index in [0.29, 0.717) is 75.3 Å². The zero-order valence-corrected chi connectivity index (χ0v) is 60.2. The first-order chi connectivity index (χ1) is 42.9. The van der Waals surface area contributed by atoms with Gasteiger partial charge in [-0.1, -0.05) is 62.1 Å². The Morgan fingerprint density at radius 2 is 1.30 bits per heavy atom. The number of aliphatic hydroxyl groups is 2. The van der Waals surface area contributed by atoms with Crippen LogP contribution >= 0.6 is 0 Å². The fourth-order valence-electron chi connectivity index (χ4n) is 16.8. The Morgan fingerprint density at radius 3 is 1.94 bits per heavy atom. The van der Waals surface area contributed by atoms with E-state index in [9.17, 15) is 45.7 Å². The van der Waals surface area contributed by atoms with E-state index in [1.54, 1.807) is 49.4 Å². The number of carbonyl (C=O) groups excluding carboxylic acids is 2. The van der Waals surface area contributed by atoms with Gasteiger partial charge in [-0.05, 0) is 90.2 Å². The number of aliphatic hydroxyl groups excluding tert-OH is 1. The molecule has 11 heterocycles. The van der Waals surface area contributed by atoms with E-state index in [4.69, 9.17) is 61.0 Å². The molecule has 1 aromatic rings. The first-order valence-electron chi connectivity index (χ1n) is 32.2. The van der Waals surface area contributed by atoms with Gasteiger partial charge < -0.3 is 81.5 Å². The molecule has 1 aromatic carbocycles. The van der Waals surface area contributed by atoms with Crippen LogP contribution < -0.4 is 64.4 Å². The molecule has 0 bridgehead atoms. The van der Waals surface area contributed by atoms with Gasteiger partial charge in [0.25, 0.3) is 0 Å². The molecule has 0 unspecified atom stereocenters. The SMILES string of the molecule is C=CC[C@H](/C=C/[C@@](C)(O)[C@H]1O[C@@H]2C[C@@H]3O[C@@H]4C[C@@H]5O[C@@H]6C[C@@H]7O[C@@H]8C[C@@H]9O[C@@H]%10C[C@@H]%11O[C@](C)(CCOS(=O)(=O)[O-])[C@@H](OS(=O)(=O)[O-])C[C@H]%11O[C@H]%10C[C@H]9O[C@H]8CC[C@@]7(C)O[C@@]6(C)CC[C@H](C)[C@H]5O[C@H]4[C@@H](O)[C@@]3(C)O[C@H]2CC1=C)C(=O)N[C@H](C(=O)OC)c1ccccc1.[Na+].[Na+]. The van der Waals surface area contributed by atoms with Crippen LogP contribution in [0.1, 0.15) is 143 Å². The fraction of sp³-hybridized carbons (Fsp3) is 0.781. The summed E-state index contributed by atoms with van der Waals surface area (Å²) in [7, 11) is -9.04. The van der Waals surface area contributed by atoms with Crippen molar-refractivity contribution in [2.75, 3.05) is 13.7 Å². The van der Waals surface area contributed by atoms with E-state index in [-0.39, 0.29) is 115 Å². The summed E-state index contributed by atoms with van der Waals surface area (Å²) in [6.07, 6.45) is -1.47. The maximum Gasteiger partial charge on any atom is 1.00 e. The summed E-state index contributed by atoms with van der Waals surface area (Å²) in [6, 6.07) is 7.72. The van der Waals surface area contributed by atoms with Gasteiger partial charge in [-0.3, -0.25) is 13.2 Å². The van der Waals surface area contributed by atoms with Gasteiger partial charge in [0, 0.05) is 51.4 Å². The molecule has 93 heavy (non-hydrogen) atoms. The Hall–Kier alpha value is -1.40. The molecule has 11 fully saturated rings. The number of esters is 1. The van der Waals surface area contributed by atoms with Gasteiger partial charge in [0.2, 0.25) is 26.7 Å². The molecular weight excluding hydrogens is 1280 g/mol. The van der Waals surface area contributed by atoms with Gasteiger partial charge in [-0.2, -0.15) is 0 Å². The van der Waals surface area contributed by atoms with Crippen LogP contribution in [0.3, 0.4) is 0 Å². The molecule has 3 N–H and O–H groups in total. The number of allylic oxidation sites excluding steroid dienone is 1. The minimum Gasteiger partial charge on any atom is -0.726 e. The number of methoxy groups -OCH3 is 1. The first-order valence-corrected chi connectivity index (χ1v) is 34.9. The molecule has 11 aliphatic rings. The van der Waals surface area contributed by atoms with Crippen molar-refractivity contribution in [1.29, 1.82) is 0 Å². The summed E-state index contributed by atoms with van der Waals surface area (Å²) in [5.74, 6) is -1.90. The minimum absolute atomic E-state index is 0. The van der Waals surface area contributed by atoms with Crippen LogP contribution in [0.15, 0.2) is 67.3 Å². The van der Waals surface area contributed by atoms with Crippen molar-refractivity contribution in [2.45, 2.75) is 288 Å². The van der Waals surface area contributed by atoms with Crippen molar-refractivity contribution >= 4 is 32.7 Å². The molecule has 12 rings (SSSR count). The number of amides is 1. The number of benzene rings is 1. The van der Waals surface area contributed by atoms with E-state index >= 15 is 0 Å². The Kier molecular flexibility index (Phi) is 22.8. The number of fused-ring (bicyclic) bond motifs is 10. The Morgan fingerprint density at radius 1 is 0.731 bits per heavy atom. The van der Waals surface area contributed by atoms with E-state index in [2.05, 4.69) is 43.4 Å². The average Bonchev–Trinajstić information content (AvgIpc) is 1.26. The first kappa shape index (κ1) is 74.3. The standard InChI is InChI=1S/C64H91NO24S2.2Na/c1-10-14-36(58(67)65-53(59(68)76-9)35-15-12-11-13-16-35)18-20-60(4,69)57-34(3)25-45-44(84-57)31-52-64(8,87-45)56(66)55-48(83-52)29-47-54(85-55)33(2)17-21-62(6)50(82-47)32-49-63(7,89-62)22-19-37-38(81-49)26-40-39(78-37)27-41-42(79-40)28-46-43(80-41)30-51(88-91(73,74)75)61(5,86-46)23-24-77-90(70,71)72;;/h10-13,15-16,18,20,33,36-57,66,69H,1,3,14,17,19,21-32H2,2,4-9H3,(H,65,67)(H,70,71,72)(H,73,74,75);;/q;2*+1/p-2/b20-18+;;/t33-,36+,37-,38+,39+,40-,41-,42+,43+,44+,45-,46-,47-,48+,49-,50+,51-,52-,53-,54+,55+,56+,57-,60+,61+,62-,63+,64-;;/m0../s1. The molecule has 508 valence electrons. The van der Waals surface area contributed by atoms with E-state index in [0.717, 1.165) is 6.42 Å². The molecule has 0 saturated carbocycles.